The van der Waals surface area contributed by atoms with Gasteiger partial charge < -0.3 is 15.2 Å². The molecule has 1 unspecified atom stereocenters. The Morgan fingerprint density at radius 2 is 2.38 bits per heavy atom. The average molecular weight is 185 g/mol. The van der Waals surface area contributed by atoms with Gasteiger partial charge in [0.2, 0.25) is 0 Å². The maximum atomic E-state index is 9.40. The van der Waals surface area contributed by atoms with Crippen LogP contribution in [0, 0.1) is 12.3 Å². The predicted octanol–water partition coefficient (Wildman–Crippen LogP) is 0.387. The van der Waals surface area contributed by atoms with Crippen molar-refractivity contribution in [1.29, 1.82) is 0 Å². The summed E-state index contributed by atoms with van der Waals surface area (Å²) < 4.78 is 4.85. The van der Waals surface area contributed by atoms with Crippen molar-refractivity contribution in [3.05, 3.63) is 0 Å². The van der Waals surface area contributed by atoms with Gasteiger partial charge in [0.25, 0.3) is 0 Å². The van der Waals surface area contributed by atoms with Gasteiger partial charge in [0.1, 0.15) is 0 Å². The summed E-state index contributed by atoms with van der Waals surface area (Å²) in [6.07, 6.45) is 7.21. The molecule has 0 aromatic heterocycles. The lowest BCUT2D eigenvalue weighted by molar-refractivity contribution is 0.150. The Labute approximate surface area is 80.5 Å². The minimum atomic E-state index is -0.287. The highest BCUT2D eigenvalue weighted by Crippen LogP contribution is 1.98. The molecule has 2 N–H and O–H groups in total. The van der Waals surface area contributed by atoms with Gasteiger partial charge in [-0.3, -0.25) is 0 Å². The molecule has 0 saturated heterocycles. The lowest BCUT2D eigenvalue weighted by Crippen LogP contribution is -2.29. The van der Waals surface area contributed by atoms with E-state index in [1.165, 1.54) is 0 Å². The van der Waals surface area contributed by atoms with Crippen molar-refractivity contribution >= 4 is 0 Å². The van der Waals surface area contributed by atoms with Gasteiger partial charge in [-0.1, -0.05) is 0 Å². The van der Waals surface area contributed by atoms with E-state index in [2.05, 4.69) is 11.2 Å². The van der Waals surface area contributed by atoms with Crippen LogP contribution < -0.4 is 5.32 Å². The SMILES string of the molecule is C#CCCCC(O)CNCCOC. The van der Waals surface area contributed by atoms with E-state index in [4.69, 9.17) is 11.2 Å². The van der Waals surface area contributed by atoms with Crippen molar-refractivity contribution in [2.24, 2.45) is 0 Å². The minimum Gasteiger partial charge on any atom is -0.392 e. The Kier molecular flexibility index (Phi) is 9.12. The quantitative estimate of drug-likeness (QED) is 0.424. The number of methoxy groups -OCH3 is 1. The second-order valence-corrected chi connectivity index (χ2v) is 2.95. The van der Waals surface area contributed by atoms with E-state index in [0.717, 1.165) is 25.8 Å². The molecule has 0 aliphatic heterocycles. The second-order valence-electron chi connectivity index (χ2n) is 2.95. The first-order valence-corrected chi connectivity index (χ1v) is 4.62. The molecule has 0 rings (SSSR count). The van der Waals surface area contributed by atoms with Gasteiger partial charge in [0.05, 0.1) is 12.7 Å². The molecule has 0 spiro atoms. The zero-order valence-corrected chi connectivity index (χ0v) is 8.25. The highest BCUT2D eigenvalue weighted by molar-refractivity contribution is 4.83. The van der Waals surface area contributed by atoms with E-state index in [9.17, 15) is 5.11 Å². The van der Waals surface area contributed by atoms with E-state index in [0.29, 0.717) is 13.2 Å². The highest BCUT2D eigenvalue weighted by atomic mass is 16.5. The molecule has 0 bridgehead atoms. The molecule has 0 amide bonds. The number of hydrogen-bond donors (Lipinski definition) is 2. The first-order chi connectivity index (χ1) is 6.31. The molecule has 3 heteroatoms. The third-order valence-electron chi connectivity index (χ3n) is 1.72. The number of terminal acetylenes is 1. The first kappa shape index (κ1) is 12.4. The van der Waals surface area contributed by atoms with Crippen LogP contribution in [-0.4, -0.2) is 38.0 Å². The minimum absolute atomic E-state index is 0.287. The molecular weight excluding hydrogens is 166 g/mol. The van der Waals surface area contributed by atoms with Gasteiger partial charge in [-0.25, -0.2) is 0 Å². The number of ether oxygens (including phenoxy) is 1. The highest BCUT2D eigenvalue weighted by Gasteiger charge is 2.01. The van der Waals surface area contributed by atoms with E-state index in [1.807, 2.05) is 0 Å². The van der Waals surface area contributed by atoms with Crippen molar-refractivity contribution < 1.29 is 9.84 Å². The fourth-order valence-electron chi connectivity index (χ4n) is 0.985. The molecule has 0 aliphatic rings. The Morgan fingerprint density at radius 1 is 1.62 bits per heavy atom. The third-order valence-corrected chi connectivity index (χ3v) is 1.72. The zero-order chi connectivity index (χ0) is 9.94. The Hall–Kier alpha value is -0.560. The third kappa shape index (κ3) is 9.35. The molecule has 76 valence electrons. The van der Waals surface area contributed by atoms with E-state index in [-0.39, 0.29) is 6.10 Å². The second kappa shape index (κ2) is 9.53. The van der Waals surface area contributed by atoms with Gasteiger partial charge in [0.15, 0.2) is 0 Å². The molecular formula is C10H19NO2. The van der Waals surface area contributed by atoms with Crippen LogP contribution in [0.3, 0.4) is 0 Å². The van der Waals surface area contributed by atoms with E-state index >= 15 is 0 Å². The Morgan fingerprint density at radius 3 is 3.00 bits per heavy atom. The van der Waals surface area contributed by atoms with Crippen LogP contribution >= 0.6 is 0 Å². The number of rotatable bonds is 8. The summed E-state index contributed by atoms with van der Waals surface area (Å²) in [7, 11) is 1.66. The number of nitrogens with one attached hydrogen (secondary N) is 1. The zero-order valence-electron chi connectivity index (χ0n) is 8.25. The summed E-state index contributed by atoms with van der Waals surface area (Å²) in [5.41, 5.74) is 0. The summed E-state index contributed by atoms with van der Waals surface area (Å²) >= 11 is 0. The summed E-state index contributed by atoms with van der Waals surface area (Å²) in [6, 6.07) is 0. The fraction of sp³-hybridized carbons (Fsp3) is 0.800. The molecule has 13 heavy (non-hydrogen) atoms. The van der Waals surface area contributed by atoms with Gasteiger partial charge in [-0.2, -0.15) is 0 Å². The van der Waals surface area contributed by atoms with Crippen molar-refractivity contribution in [3.8, 4) is 12.3 Å². The van der Waals surface area contributed by atoms with Gasteiger partial charge in [-0.05, 0) is 12.8 Å². The molecule has 0 fully saturated rings. The molecule has 0 radical (unpaired) electrons. The predicted molar refractivity (Wildman–Crippen MR) is 53.4 cm³/mol. The van der Waals surface area contributed by atoms with Crippen LogP contribution in [0.4, 0.5) is 0 Å². The molecule has 0 aromatic rings. The van der Waals surface area contributed by atoms with Crippen molar-refractivity contribution in [2.75, 3.05) is 26.8 Å². The smallest absolute Gasteiger partial charge is 0.0664 e. The molecule has 1 atom stereocenters. The van der Waals surface area contributed by atoms with Crippen LogP contribution in [-0.2, 0) is 4.74 Å². The summed E-state index contributed by atoms with van der Waals surface area (Å²) in [5.74, 6) is 2.55. The Balaban J connectivity index is 3.11. The maximum absolute atomic E-state index is 9.40. The number of unbranched alkanes of at least 4 members (excludes halogenated alkanes) is 1. The van der Waals surface area contributed by atoms with E-state index in [1.54, 1.807) is 7.11 Å². The topological polar surface area (TPSA) is 41.5 Å². The Bertz CT molecular complexity index is 142. The summed E-state index contributed by atoms with van der Waals surface area (Å²) in [6.45, 7) is 2.08. The number of hydrogen-bond acceptors (Lipinski definition) is 3. The molecule has 0 aliphatic carbocycles. The van der Waals surface area contributed by atoms with Crippen molar-refractivity contribution in [1.82, 2.24) is 5.32 Å². The van der Waals surface area contributed by atoms with Gasteiger partial charge in [0, 0.05) is 26.6 Å². The van der Waals surface area contributed by atoms with Crippen LogP contribution in [0.5, 0.6) is 0 Å². The average Bonchev–Trinajstić information content (AvgIpc) is 2.13. The van der Waals surface area contributed by atoms with Crippen LogP contribution in [0.2, 0.25) is 0 Å². The monoisotopic (exact) mass is 185 g/mol. The largest absolute Gasteiger partial charge is 0.392 e. The standard InChI is InChI=1S/C10H19NO2/c1-3-4-5-6-10(12)9-11-7-8-13-2/h1,10-12H,4-9H2,2H3. The summed E-state index contributed by atoms with van der Waals surface area (Å²) in [4.78, 5) is 0. The molecule has 0 saturated carbocycles. The number of aliphatic hydroxyl groups is 1. The van der Waals surface area contributed by atoms with Crippen molar-refractivity contribution in [2.45, 2.75) is 25.4 Å². The molecule has 0 aromatic carbocycles. The fourth-order valence-corrected chi connectivity index (χ4v) is 0.985. The van der Waals surface area contributed by atoms with Crippen molar-refractivity contribution in [3.63, 3.8) is 0 Å². The molecule has 3 nitrogen and oxygen atoms in total. The first-order valence-electron chi connectivity index (χ1n) is 4.62. The molecule has 0 heterocycles. The van der Waals surface area contributed by atoms with Crippen LogP contribution in [0.25, 0.3) is 0 Å². The lowest BCUT2D eigenvalue weighted by Gasteiger charge is -2.10. The lowest BCUT2D eigenvalue weighted by atomic mass is 10.1. The summed E-state index contributed by atoms with van der Waals surface area (Å²) in [5, 5.41) is 12.5. The normalized spacial score (nSPS) is 12.4. The van der Waals surface area contributed by atoms with Crippen LogP contribution in [0.15, 0.2) is 0 Å². The van der Waals surface area contributed by atoms with Crippen LogP contribution in [0.1, 0.15) is 19.3 Å². The maximum Gasteiger partial charge on any atom is 0.0664 e. The number of aliphatic hydroxyl groups excluding tert-OH is 1. The van der Waals surface area contributed by atoms with Gasteiger partial charge in [-0.15, -0.1) is 12.3 Å². The van der Waals surface area contributed by atoms with Gasteiger partial charge >= 0.3 is 0 Å². The van der Waals surface area contributed by atoms with E-state index < -0.39 is 0 Å².